The standard InChI is InChI=1S/C30H29N5O6/c1-33-10-12-34(13-11-33)27(36)16-19-2-5-21(6-3-19)31-29(20-4-9-25-26(17-20)41-15-14-40-25)28-23-8-7-22(35(38)39)18-24(23)32-30(28)37/h2-9,17-18,28H,10-16H2,1H3,(H,32,37). The fourth-order valence-electron chi connectivity index (χ4n) is 5.30. The monoisotopic (exact) mass is 555 g/mol. The third-order valence-corrected chi connectivity index (χ3v) is 7.59. The van der Waals surface area contributed by atoms with Gasteiger partial charge < -0.3 is 24.6 Å². The maximum Gasteiger partial charge on any atom is 0.271 e. The minimum atomic E-state index is -0.799. The van der Waals surface area contributed by atoms with Gasteiger partial charge in [-0.25, -0.2) is 0 Å². The molecule has 1 fully saturated rings. The van der Waals surface area contributed by atoms with Gasteiger partial charge in [0.25, 0.3) is 5.69 Å². The lowest BCUT2D eigenvalue weighted by molar-refractivity contribution is -0.384. The molecule has 0 aromatic heterocycles. The topological polar surface area (TPSA) is 127 Å². The molecule has 3 aliphatic heterocycles. The number of anilines is 1. The van der Waals surface area contributed by atoms with E-state index in [0.29, 0.717) is 59.3 Å². The molecule has 11 heteroatoms. The summed E-state index contributed by atoms with van der Waals surface area (Å²) < 4.78 is 11.4. The van der Waals surface area contributed by atoms with Gasteiger partial charge >= 0.3 is 0 Å². The number of hydrogen-bond donors (Lipinski definition) is 1. The van der Waals surface area contributed by atoms with E-state index in [4.69, 9.17) is 14.5 Å². The first kappa shape index (κ1) is 26.5. The second kappa shape index (κ2) is 11.0. The number of fused-ring (bicyclic) bond motifs is 2. The molecule has 0 spiro atoms. The third kappa shape index (κ3) is 5.48. The van der Waals surface area contributed by atoms with Gasteiger partial charge in [0, 0.05) is 43.9 Å². The van der Waals surface area contributed by atoms with E-state index < -0.39 is 10.8 Å². The molecule has 210 valence electrons. The van der Waals surface area contributed by atoms with Crippen LogP contribution in [-0.2, 0) is 16.0 Å². The van der Waals surface area contributed by atoms with Crippen molar-refractivity contribution < 1.29 is 24.0 Å². The number of likely N-dealkylation sites (N-methyl/N-ethyl adjacent to an activating group) is 1. The predicted molar refractivity (Wildman–Crippen MR) is 152 cm³/mol. The smallest absolute Gasteiger partial charge is 0.271 e. The zero-order chi connectivity index (χ0) is 28.5. The van der Waals surface area contributed by atoms with Crippen LogP contribution >= 0.6 is 0 Å². The first-order chi connectivity index (χ1) is 19.9. The van der Waals surface area contributed by atoms with Gasteiger partial charge in [-0.05, 0) is 54.6 Å². The Hall–Kier alpha value is -4.77. The number of benzene rings is 3. The van der Waals surface area contributed by atoms with Crippen LogP contribution in [0.1, 0.15) is 22.6 Å². The van der Waals surface area contributed by atoms with E-state index in [1.165, 1.54) is 12.1 Å². The van der Waals surface area contributed by atoms with Crippen molar-refractivity contribution >= 4 is 34.6 Å². The minimum absolute atomic E-state index is 0.0969. The number of nitro benzene ring substituents is 1. The maximum absolute atomic E-state index is 13.3. The van der Waals surface area contributed by atoms with Gasteiger partial charge in [-0.2, -0.15) is 0 Å². The lowest BCUT2D eigenvalue weighted by Crippen LogP contribution is -2.47. The number of piperazine rings is 1. The van der Waals surface area contributed by atoms with Gasteiger partial charge in [0.2, 0.25) is 11.8 Å². The van der Waals surface area contributed by atoms with Crippen LogP contribution in [0, 0.1) is 10.1 Å². The number of amides is 2. The molecule has 0 saturated carbocycles. The molecule has 1 saturated heterocycles. The number of carbonyl (C=O) groups excluding carboxylic acids is 2. The second-order valence-electron chi connectivity index (χ2n) is 10.3. The van der Waals surface area contributed by atoms with Gasteiger partial charge in [-0.1, -0.05) is 12.1 Å². The van der Waals surface area contributed by atoms with Gasteiger partial charge in [0.1, 0.15) is 19.1 Å². The van der Waals surface area contributed by atoms with Crippen molar-refractivity contribution in [2.45, 2.75) is 12.3 Å². The minimum Gasteiger partial charge on any atom is -0.486 e. The fourth-order valence-corrected chi connectivity index (χ4v) is 5.30. The van der Waals surface area contributed by atoms with Crippen molar-refractivity contribution in [3.63, 3.8) is 0 Å². The summed E-state index contributed by atoms with van der Waals surface area (Å²) in [6.45, 7) is 4.05. The molecule has 2 amide bonds. The Bertz CT molecular complexity index is 1550. The summed E-state index contributed by atoms with van der Waals surface area (Å²) in [7, 11) is 2.05. The highest BCUT2D eigenvalue weighted by molar-refractivity contribution is 6.24. The number of hydrogen-bond acceptors (Lipinski definition) is 8. The van der Waals surface area contributed by atoms with Crippen LogP contribution in [0.5, 0.6) is 11.5 Å². The normalized spacial score (nSPS) is 18.6. The van der Waals surface area contributed by atoms with Crippen molar-refractivity contribution in [3.8, 4) is 11.5 Å². The van der Waals surface area contributed by atoms with Crippen molar-refractivity contribution in [1.29, 1.82) is 0 Å². The van der Waals surface area contributed by atoms with E-state index in [1.807, 2.05) is 35.2 Å². The molecule has 41 heavy (non-hydrogen) atoms. The number of nitrogens with zero attached hydrogens (tertiary/aromatic N) is 4. The summed E-state index contributed by atoms with van der Waals surface area (Å²) in [5.74, 6) is 0.136. The number of rotatable bonds is 6. The third-order valence-electron chi connectivity index (χ3n) is 7.59. The van der Waals surface area contributed by atoms with Crippen LogP contribution in [0.25, 0.3) is 0 Å². The SMILES string of the molecule is CN1CCN(C(=O)Cc2ccc(N=C(c3ccc4c(c3)OCCO4)C3C(=O)Nc4cc([N+](=O)[O-])ccc43)cc2)CC1. The van der Waals surface area contributed by atoms with Gasteiger partial charge in [-0.15, -0.1) is 0 Å². The Morgan fingerprint density at radius 3 is 2.46 bits per heavy atom. The van der Waals surface area contributed by atoms with Crippen LogP contribution < -0.4 is 14.8 Å². The summed E-state index contributed by atoms with van der Waals surface area (Å²) in [6.07, 6.45) is 0.305. The van der Waals surface area contributed by atoms with Crippen LogP contribution in [-0.4, -0.2) is 78.7 Å². The molecule has 1 unspecified atom stereocenters. The second-order valence-corrected chi connectivity index (χ2v) is 10.3. The molecule has 3 heterocycles. The Morgan fingerprint density at radius 2 is 1.73 bits per heavy atom. The Morgan fingerprint density at radius 1 is 1.00 bits per heavy atom. The van der Waals surface area contributed by atoms with Crippen LogP contribution in [0.3, 0.4) is 0 Å². The van der Waals surface area contributed by atoms with E-state index >= 15 is 0 Å². The van der Waals surface area contributed by atoms with E-state index in [9.17, 15) is 19.7 Å². The molecule has 3 aliphatic rings. The average Bonchev–Trinajstić information content (AvgIpc) is 3.31. The lowest BCUT2D eigenvalue weighted by atomic mass is 9.90. The largest absolute Gasteiger partial charge is 0.486 e. The summed E-state index contributed by atoms with van der Waals surface area (Å²) in [5, 5.41) is 14.1. The first-order valence-electron chi connectivity index (χ1n) is 13.5. The number of nitrogens with one attached hydrogen (secondary N) is 1. The highest BCUT2D eigenvalue weighted by atomic mass is 16.6. The summed E-state index contributed by atoms with van der Waals surface area (Å²) in [4.78, 5) is 45.9. The van der Waals surface area contributed by atoms with Crippen molar-refractivity contribution in [1.82, 2.24) is 9.80 Å². The molecule has 1 atom stereocenters. The van der Waals surface area contributed by atoms with E-state index in [2.05, 4.69) is 17.3 Å². The van der Waals surface area contributed by atoms with E-state index in [0.717, 1.165) is 31.7 Å². The Labute approximate surface area is 236 Å². The van der Waals surface area contributed by atoms with Crippen LogP contribution in [0.2, 0.25) is 0 Å². The average molecular weight is 556 g/mol. The quantitative estimate of drug-likeness (QED) is 0.280. The van der Waals surface area contributed by atoms with E-state index in [-0.39, 0.29) is 17.5 Å². The number of aliphatic imine (C=N–C) groups is 1. The lowest BCUT2D eigenvalue weighted by Gasteiger charge is -2.32. The predicted octanol–water partition coefficient (Wildman–Crippen LogP) is 3.54. The molecule has 3 aromatic rings. The van der Waals surface area contributed by atoms with Crippen molar-refractivity contribution in [3.05, 3.63) is 87.5 Å². The zero-order valence-corrected chi connectivity index (χ0v) is 22.5. The Balaban J connectivity index is 1.33. The Kier molecular flexibility index (Phi) is 7.10. The van der Waals surface area contributed by atoms with Gasteiger partial charge in [0.05, 0.1) is 28.4 Å². The number of nitro groups is 1. The molecule has 0 bridgehead atoms. The highest BCUT2D eigenvalue weighted by Crippen LogP contribution is 2.40. The summed E-state index contributed by atoms with van der Waals surface area (Å²) in [5.41, 5.74) is 3.49. The van der Waals surface area contributed by atoms with E-state index in [1.54, 1.807) is 18.2 Å². The molecule has 1 N–H and O–H groups in total. The molecule has 0 radical (unpaired) electrons. The van der Waals surface area contributed by atoms with Crippen molar-refractivity contribution in [2.24, 2.45) is 4.99 Å². The zero-order valence-electron chi connectivity index (χ0n) is 22.5. The number of carbonyl (C=O) groups is 2. The van der Waals surface area contributed by atoms with Crippen LogP contribution in [0.15, 0.2) is 65.7 Å². The molecule has 3 aromatic carbocycles. The molecule has 11 nitrogen and oxygen atoms in total. The van der Waals surface area contributed by atoms with Crippen LogP contribution in [0.4, 0.5) is 17.1 Å². The molecular formula is C30H29N5O6. The summed E-state index contributed by atoms with van der Waals surface area (Å²) in [6, 6.07) is 17.2. The van der Waals surface area contributed by atoms with Gasteiger partial charge in [-0.3, -0.25) is 24.7 Å². The van der Waals surface area contributed by atoms with Gasteiger partial charge in [0.15, 0.2) is 11.5 Å². The molecule has 6 rings (SSSR count). The first-order valence-corrected chi connectivity index (χ1v) is 13.5. The highest BCUT2D eigenvalue weighted by Gasteiger charge is 2.37. The summed E-state index contributed by atoms with van der Waals surface area (Å²) >= 11 is 0. The maximum atomic E-state index is 13.3. The molecule has 0 aliphatic carbocycles. The fraction of sp³-hybridized carbons (Fsp3) is 0.300. The molecular weight excluding hydrogens is 526 g/mol. The van der Waals surface area contributed by atoms with Crippen molar-refractivity contribution in [2.75, 3.05) is 51.8 Å². The number of ether oxygens (including phenoxy) is 2. The number of non-ortho nitro benzene ring substituents is 1.